The highest BCUT2D eigenvalue weighted by atomic mass is 16.3. The van der Waals surface area contributed by atoms with E-state index in [0.717, 1.165) is 31.0 Å². The van der Waals surface area contributed by atoms with Gasteiger partial charge in [-0.2, -0.15) is 0 Å². The molecule has 0 amide bonds. The number of hydrogen-bond donors (Lipinski definition) is 2. The van der Waals surface area contributed by atoms with E-state index >= 15 is 0 Å². The number of furan rings is 1. The van der Waals surface area contributed by atoms with E-state index in [9.17, 15) is 0 Å². The molecule has 1 heterocycles. The van der Waals surface area contributed by atoms with E-state index in [-0.39, 0.29) is 6.04 Å². The summed E-state index contributed by atoms with van der Waals surface area (Å²) in [4.78, 5) is 0. The van der Waals surface area contributed by atoms with Crippen LogP contribution in [0.25, 0.3) is 0 Å². The van der Waals surface area contributed by atoms with Crippen LogP contribution >= 0.6 is 0 Å². The molecule has 15 heavy (non-hydrogen) atoms. The minimum absolute atomic E-state index is 0.252. The van der Waals surface area contributed by atoms with Gasteiger partial charge in [0.1, 0.15) is 11.5 Å². The second kappa shape index (κ2) is 4.64. The molecule has 0 radical (unpaired) electrons. The van der Waals surface area contributed by atoms with Crippen LogP contribution in [0, 0.1) is 12.8 Å². The predicted octanol–water partition coefficient (Wildman–Crippen LogP) is 1.58. The molecule has 82 valence electrons. The predicted molar refractivity (Wildman–Crippen MR) is 60.4 cm³/mol. The summed E-state index contributed by atoms with van der Waals surface area (Å²) >= 11 is 0. The van der Waals surface area contributed by atoms with Gasteiger partial charge in [0.05, 0.1) is 6.54 Å². The molecule has 1 aromatic rings. The normalized spacial score (nSPS) is 24.9. The summed E-state index contributed by atoms with van der Waals surface area (Å²) in [5.41, 5.74) is 5.78. The standard InChI is InChI=1S/C12H18N2O/c1-9-2-5-12(15-9)8-14-7-10-3-4-11(13)6-10/h2-5,10-11,14H,6-8,13H2,1H3. The number of rotatable bonds is 4. The van der Waals surface area contributed by atoms with Gasteiger partial charge in [0.25, 0.3) is 0 Å². The average molecular weight is 206 g/mol. The van der Waals surface area contributed by atoms with Gasteiger partial charge in [-0.3, -0.25) is 0 Å². The summed E-state index contributed by atoms with van der Waals surface area (Å²) in [5.74, 6) is 2.55. The molecule has 0 aromatic carbocycles. The van der Waals surface area contributed by atoms with E-state index in [2.05, 4.69) is 17.5 Å². The Balaban J connectivity index is 1.69. The minimum Gasteiger partial charge on any atom is -0.465 e. The monoisotopic (exact) mass is 206 g/mol. The molecule has 1 aliphatic rings. The quantitative estimate of drug-likeness (QED) is 0.735. The maximum Gasteiger partial charge on any atom is 0.117 e. The zero-order chi connectivity index (χ0) is 10.7. The van der Waals surface area contributed by atoms with Crippen LogP contribution < -0.4 is 11.1 Å². The van der Waals surface area contributed by atoms with Crippen molar-refractivity contribution in [2.75, 3.05) is 6.54 Å². The fraction of sp³-hybridized carbons (Fsp3) is 0.500. The molecule has 2 unspecified atom stereocenters. The van der Waals surface area contributed by atoms with Gasteiger partial charge in [-0.05, 0) is 31.4 Å². The van der Waals surface area contributed by atoms with Crippen LogP contribution in [0.5, 0.6) is 0 Å². The molecule has 2 atom stereocenters. The summed E-state index contributed by atoms with van der Waals surface area (Å²) in [6, 6.07) is 4.25. The fourth-order valence-corrected chi connectivity index (χ4v) is 1.92. The number of aryl methyl sites for hydroxylation is 1. The van der Waals surface area contributed by atoms with Gasteiger partial charge < -0.3 is 15.5 Å². The highest BCUT2D eigenvalue weighted by molar-refractivity contribution is 5.07. The SMILES string of the molecule is Cc1ccc(CNCC2C=CC(N)C2)o1. The van der Waals surface area contributed by atoms with E-state index in [1.165, 1.54) is 0 Å². The highest BCUT2D eigenvalue weighted by Crippen LogP contribution is 2.15. The maximum atomic E-state index is 5.78. The molecule has 0 fully saturated rings. The molecule has 0 aliphatic heterocycles. The Hall–Kier alpha value is -1.06. The van der Waals surface area contributed by atoms with Crippen molar-refractivity contribution in [3.63, 3.8) is 0 Å². The summed E-state index contributed by atoms with van der Waals surface area (Å²) in [6.07, 6.45) is 5.35. The molecule has 0 bridgehead atoms. The average Bonchev–Trinajstić information content (AvgIpc) is 2.76. The lowest BCUT2D eigenvalue weighted by atomic mass is 10.1. The van der Waals surface area contributed by atoms with Crippen LogP contribution in [0.15, 0.2) is 28.7 Å². The lowest BCUT2D eigenvalue weighted by Crippen LogP contribution is -2.23. The van der Waals surface area contributed by atoms with Crippen molar-refractivity contribution in [2.24, 2.45) is 11.7 Å². The molecular weight excluding hydrogens is 188 g/mol. The maximum absolute atomic E-state index is 5.78. The van der Waals surface area contributed by atoms with Crippen molar-refractivity contribution in [1.29, 1.82) is 0 Å². The Kier molecular flexibility index (Phi) is 3.23. The Bertz CT molecular complexity index is 343. The molecular formula is C12H18N2O. The summed E-state index contributed by atoms with van der Waals surface area (Å²) in [5, 5.41) is 3.38. The third-order valence-electron chi connectivity index (χ3n) is 2.71. The summed E-state index contributed by atoms with van der Waals surface area (Å²) < 4.78 is 5.46. The van der Waals surface area contributed by atoms with Crippen molar-refractivity contribution in [2.45, 2.75) is 25.9 Å². The van der Waals surface area contributed by atoms with Crippen LogP contribution in [0.4, 0.5) is 0 Å². The smallest absolute Gasteiger partial charge is 0.117 e. The molecule has 3 heteroatoms. The molecule has 0 saturated carbocycles. The zero-order valence-electron chi connectivity index (χ0n) is 9.07. The van der Waals surface area contributed by atoms with Gasteiger partial charge in [0.2, 0.25) is 0 Å². The summed E-state index contributed by atoms with van der Waals surface area (Å²) in [6.45, 7) is 3.74. The van der Waals surface area contributed by atoms with Gasteiger partial charge in [0.15, 0.2) is 0 Å². The van der Waals surface area contributed by atoms with Gasteiger partial charge in [-0.15, -0.1) is 0 Å². The van der Waals surface area contributed by atoms with Gasteiger partial charge >= 0.3 is 0 Å². The Morgan fingerprint density at radius 1 is 1.47 bits per heavy atom. The van der Waals surface area contributed by atoms with Crippen molar-refractivity contribution in [3.8, 4) is 0 Å². The lowest BCUT2D eigenvalue weighted by Gasteiger charge is -2.09. The Labute approximate surface area is 90.3 Å². The molecule has 0 spiro atoms. The highest BCUT2D eigenvalue weighted by Gasteiger charge is 2.14. The number of nitrogens with one attached hydrogen (secondary N) is 1. The van der Waals surface area contributed by atoms with Crippen LogP contribution in [-0.2, 0) is 6.54 Å². The summed E-state index contributed by atoms with van der Waals surface area (Å²) in [7, 11) is 0. The molecule has 3 N–H and O–H groups in total. The van der Waals surface area contributed by atoms with E-state index in [0.29, 0.717) is 5.92 Å². The molecule has 0 saturated heterocycles. The van der Waals surface area contributed by atoms with Gasteiger partial charge in [-0.25, -0.2) is 0 Å². The van der Waals surface area contributed by atoms with Gasteiger partial charge in [-0.1, -0.05) is 12.2 Å². The largest absolute Gasteiger partial charge is 0.465 e. The van der Waals surface area contributed by atoms with Crippen LogP contribution in [0.2, 0.25) is 0 Å². The molecule has 1 aliphatic carbocycles. The van der Waals surface area contributed by atoms with Crippen molar-refractivity contribution in [3.05, 3.63) is 35.8 Å². The number of hydrogen-bond acceptors (Lipinski definition) is 3. The van der Waals surface area contributed by atoms with E-state index in [1.54, 1.807) is 0 Å². The topological polar surface area (TPSA) is 51.2 Å². The molecule has 1 aromatic heterocycles. The Morgan fingerprint density at radius 2 is 2.33 bits per heavy atom. The van der Waals surface area contributed by atoms with Crippen molar-refractivity contribution < 1.29 is 4.42 Å². The van der Waals surface area contributed by atoms with E-state index in [4.69, 9.17) is 10.2 Å². The van der Waals surface area contributed by atoms with Gasteiger partial charge in [0, 0.05) is 12.6 Å². The number of nitrogens with two attached hydrogens (primary N) is 1. The molecule has 2 rings (SSSR count). The first-order valence-electron chi connectivity index (χ1n) is 5.44. The first kappa shape index (κ1) is 10.5. The van der Waals surface area contributed by atoms with E-state index in [1.807, 2.05) is 19.1 Å². The van der Waals surface area contributed by atoms with Crippen molar-refractivity contribution >= 4 is 0 Å². The van der Waals surface area contributed by atoms with Crippen LogP contribution in [0.3, 0.4) is 0 Å². The fourth-order valence-electron chi connectivity index (χ4n) is 1.92. The first-order chi connectivity index (χ1) is 7.24. The van der Waals surface area contributed by atoms with Crippen LogP contribution in [0.1, 0.15) is 17.9 Å². The third-order valence-corrected chi connectivity index (χ3v) is 2.71. The minimum atomic E-state index is 0.252. The third kappa shape index (κ3) is 2.94. The molecule has 3 nitrogen and oxygen atoms in total. The lowest BCUT2D eigenvalue weighted by molar-refractivity contribution is 0.446. The second-order valence-electron chi connectivity index (χ2n) is 4.19. The van der Waals surface area contributed by atoms with Crippen molar-refractivity contribution in [1.82, 2.24) is 5.32 Å². The second-order valence-corrected chi connectivity index (χ2v) is 4.19. The Morgan fingerprint density at radius 3 is 2.93 bits per heavy atom. The van der Waals surface area contributed by atoms with Crippen LogP contribution in [-0.4, -0.2) is 12.6 Å². The first-order valence-corrected chi connectivity index (χ1v) is 5.44. The zero-order valence-corrected chi connectivity index (χ0v) is 9.07. The van der Waals surface area contributed by atoms with E-state index < -0.39 is 0 Å².